The highest BCUT2D eigenvalue weighted by molar-refractivity contribution is 5.98. The Balaban J connectivity index is 0.000000383. The van der Waals surface area contributed by atoms with E-state index in [1.54, 1.807) is 7.11 Å². The minimum atomic E-state index is -5.08. The first-order valence-corrected chi connectivity index (χ1v) is 10.9. The van der Waals surface area contributed by atoms with Crippen molar-refractivity contribution in [2.75, 3.05) is 46.4 Å². The molecule has 2 aliphatic rings. The normalized spacial score (nSPS) is 23.1. The Morgan fingerprint density at radius 2 is 1.82 bits per heavy atom. The van der Waals surface area contributed by atoms with E-state index in [2.05, 4.69) is 34.9 Å². The molecule has 2 aromatic carbocycles. The number of amides is 1. The standard InChI is InChI=1S/C22H28N2O2.C2HF3O2/c1-3-23-13-20(14-26-2)22(15-23)10-11-24(16-22)21(25)19-9-8-17-6-4-5-7-18(17)12-19;3-2(4,5)1(6)7/h4-9,12,20H,3,10-11,13-16H2,1-2H3;(H,6,7)/t20-,22+;/m0./s1. The molecule has 4 rings (SSSR count). The molecule has 2 aromatic rings. The van der Waals surface area contributed by atoms with Gasteiger partial charge in [-0.15, -0.1) is 0 Å². The summed E-state index contributed by atoms with van der Waals surface area (Å²) in [7, 11) is 1.79. The van der Waals surface area contributed by atoms with Crippen molar-refractivity contribution in [1.82, 2.24) is 9.80 Å². The molecule has 9 heteroatoms. The maximum absolute atomic E-state index is 13.1. The summed E-state index contributed by atoms with van der Waals surface area (Å²) >= 11 is 0. The number of alkyl halides is 3. The third kappa shape index (κ3) is 5.65. The van der Waals surface area contributed by atoms with Crippen LogP contribution in [0.15, 0.2) is 42.5 Å². The predicted octanol–water partition coefficient (Wildman–Crippen LogP) is 3.90. The largest absolute Gasteiger partial charge is 0.490 e. The number of rotatable bonds is 4. The van der Waals surface area contributed by atoms with Gasteiger partial charge in [-0.25, -0.2) is 4.79 Å². The van der Waals surface area contributed by atoms with Crippen molar-refractivity contribution in [2.45, 2.75) is 19.5 Å². The first kappa shape index (κ1) is 25.0. The van der Waals surface area contributed by atoms with E-state index in [0.717, 1.165) is 56.7 Å². The second kappa shape index (κ2) is 10.1. The van der Waals surface area contributed by atoms with Gasteiger partial charge in [0.25, 0.3) is 5.91 Å². The minimum absolute atomic E-state index is 0.166. The number of nitrogens with zero attached hydrogens (tertiary/aromatic N) is 2. The number of carbonyl (C=O) groups is 2. The molecule has 2 saturated heterocycles. The molecular formula is C24H29F3N2O4. The Kier molecular flexibility index (Phi) is 7.64. The van der Waals surface area contributed by atoms with Crippen LogP contribution in [0.2, 0.25) is 0 Å². The molecule has 6 nitrogen and oxygen atoms in total. The quantitative estimate of drug-likeness (QED) is 0.740. The van der Waals surface area contributed by atoms with Crippen LogP contribution in [0, 0.1) is 11.3 Å². The van der Waals surface area contributed by atoms with Gasteiger partial charge in [0.05, 0.1) is 6.61 Å². The monoisotopic (exact) mass is 466 g/mol. The Hall–Kier alpha value is -2.65. The number of methoxy groups -OCH3 is 1. The van der Waals surface area contributed by atoms with E-state index in [-0.39, 0.29) is 11.3 Å². The van der Waals surface area contributed by atoms with E-state index in [0.29, 0.717) is 5.92 Å². The van der Waals surface area contributed by atoms with Crippen molar-refractivity contribution in [1.29, 1.82) is 0 Å². The van der Waals surface area contributed by atoms with E-state index in [1.807, 2.05) is 24.3 Å². The van der Waals surface area contributed by atoms with Crippen LogP contribution in [0.25, 0.3) is 10.8 Å². The molecule has 0 bridgehead atoms. The number of halogens is 3. The topological polar surface area (TPSA) is 70.1 Å². The summed E-state index contributed by atoms with van der Waals surface area (Å²) in [4.78, 5) is 26.6. The SMILES string of the molecule is CCN1C[C@@H](COC)[C@]2(CCN(C(=O)c3ccc4ccccc4c3)C2)C1.O=C(O)C(F)(F)F. The molecule has 2 fully saturated rings. The Morgan fingerprint density at radius 3 is 2.42 bits per heavy atom. The summed E-state index contributed by atoms with van der Waals surface area (Å²) in [5.41, 5.74) is 0.993. The molecule has 2 atom stereocenters. The second-order valence-corrected chi connectivity index (χ2v) is 8.68. The number of ether oxygens (including phenoxy) is 1. The first-order chi connectivity index (χ1) is 15.6. The summed E-state index contributed by atoms with van der Waals surface area (Å²) in [5, 5.41) is 9.43. The molecule has 1 spiro atoms. The number of hydrogen-bond acceptors (Lipinski definition) is 4. The van der Waals surface area contributed by atoms with Crippen molar-refractivity contribution in [3.63, 3.8) is 0 Å². The van der Waals surface area contributed by atoms with Crippen molar-refractivity contribution in [2.24, 2.45) is 11.3 Å². The van der Waals surface area contributed by atoms with E-state index >= 15 is 0 Å². The lowest BCUT2D eigenvalue weighted by molar-refractivity contribution is -0.192. The average Bonchev–Trinajstić information content (AvgIpc) is 3.37. The Labute approximate surface area is 190 Å². The molecule has 0 aliphatic carbocycles. The van der Waals surface area contributed by atoms with Gasteiger partial charge in [0, 0.05) is 50.2 Å². The summed E-state index contributed by atoms with van der Waals surface area (Å²) in [6.07, 6.45) is -4.00. The van der Waals surface area contributed by atoms with Gasteiger partial charge in [-0.05, 0) is 35.9 Å². The average molecular weight is 467 g/mol. The molecule has 2 aliphatic heterocycles. The predicted molar refractivity (Wildman–Crippen MR) is 118 cm³/mol. The summed E-state index contributed by atoms with van der Waals surface area (Å²) in [6.45, 7) is 7.94. The lowest BCUT2D eigenvalue weighted by atomic mass is 9.77. The van der Waals surface area contributed by atoms with E-state index in [4.69, 9.17) is 14.6 Å². The van der Waals surface area contributed by atoms with Crippen LogP contribution in [0.4, 0.5) is 13.2 Å². The van der Waals surface area contributed by atoms with Gasteiger partial charge < -0.3 is 19.6 Å². The van der Waals surface area contributed by atoms with Gasteiger partial charge in [-0.1, -0.05) is 37.3 Å². The number of hydrogen-bond donors (Lipinski definition) is 1. The van der Waals surface area contributed by atoms with Gasteiger partial charge in [-0.3, -0.25) is 4.79 Å². The number of aliphatic carboxylic acids is 1. The maximum atomic E-state index is 13.1. The van der Waals surface area contributed by atoms with Crippen LogP contribution in [0.5, 0.6) is 0 Å². The van der Waals surface area contributed by atoms with Gasteiger partial charge in [-0.2, -0.15) is 13.2 Å². The summed E-state index contributed by atoms with van der Waals surface area (Å²) < 4.78 is 37.2. The van der Waals surface area contributed by atoms with Crippen LogP contribution in [0.1, 0.15) is 23.7 Å². The lowest BCUT2D eigenvalue weighted by Gasteiger charge is -2.30. The summed E-state index contributed by atoms with van der Waals surface area (Å²) in [5.74, 6) is -2.08. The van der Waals surface area contributed by atoms with Crippen molar-refractivity contribution in [3.05, 3.63) is 48.0 Å². The maximum Gasteiger partial charge on any atom is 0.490 e. The van der Waals surface area contributed by atoms with Crippen molar-refractivity contribution >= 4 is 22.6 Å². The van der Waals surface area contributed by atoms with E-state index < -0.39 is 12.1 Å². The third-order valence-electron chi connectivity index (χ3n) is 6.61. The second-order valence-electron chi connectivity index (χ2n) is 8.68. The highest BCUT2D eigenvalue weighted by Gasteiger charge is 2.50. The lowest BCUT2D eigenvalue weighted by Crippen LogP contribution is -2.38. The molecule has 0 unspecified atom stereocenters. The van der Waals surface area contributed by atoms with Gasteiger partial charge in [0.2, 0.25) is 0 Å². The van der Waals surface area contributed by atoms with Gasteiger partial charge in [0.15, 0.2) is 0 Å². The zero-order valence-corrected chi connectivity index (χ0v) is 18.8. The van der Waals surface area contributed by atoms with Crippen molar-refractivity contribution in [3.8, 4) is 0 Å². The number of benzene rings is 2. The minimum Gasteiger partial charge on any atom is -0.475 e. The van der Waals surface area contributed by atoms with Gasteiger partial charge in [0.1, 0.15) is 0 Å². The van der Waals surface area contributed by atoms with Crippen LogP contribution in [0.3, 0.4) is 0 Å². The van der Waals surface area contributed by atoms with Crippen LogP contribution in [-0.4, -0.2) is 79.4 Å². The van der Waals surface area contributed by atoms with Gasteiger partial charge >= 0.3 is 12.1 Å². The molecule has 0 radical (unpaired) electrons. The first-order valence-electron chi connectivity index (χ1n) is 10.9. The number of carboxylic acid groups (broad SMARTS) is 1. The molecule has 1 N–H and O–H groups in total. The van der Waals surface area contributed by atoms with Crippen LogP contribution in [-0.2, 0) is 9.53 Å². The molecule has 2 heterocycles. The molecule has 0 saturated carbocycles. The van der Waals surface area contributed by atoms with Crippen molar-refractivity contribution < 1.29 is 32.6 Å². The Morgan fingerprint density at radius 1 is 1.15 bits per heavy atom. The van der Waals surface area contributed by atoms with E-state index in [9.17, 15) is 18.0 Å². The number of carbonyl (C=O) groups excluding carboxylic acids is 1. The zero-order valence-electron chi connectivity index (χ0n) is 18.8. The van der Waals surface area contributed by atoms with Crippen LogP contribution >= 0.6 is 0 Å². The van der Waals surface area contributed by atoms with E-state index in [1.165, 1.54) is 5.39 Å². The molecule has 180 valence electrons. The summed E-state index contributed by atoms with van der Waals surface area (Å²) in [6, 6.07) is 14.3. The molecule has 1 amide bonds. The Bertz CT molecular complexity index is 997. The fourth-order valence-corrected chi connectivity index (χ4v) is 4.85. The highest BCUT2D eigenvalue weighted by Crippen LogP contribution is 2.44. The molecular weight excluding hydrogens is 437 g/mol. The van der Waals surface area contributed by atoms with Crippen LogP contribution < -0.4 is 0 Å². The molecule has 33 heavy (non-hydrogen) atoms. The fourth-order valence-electron chi connectivity index (χ4n) is 4.85. The highest BCUT2D eigenvalue weighted by atomic mass is 19.4. The smallest absolute Gasteiger partial charge is 0.475 e. The fraction of sp³-hybridized carbons (Fsp3) is 0.500. The zero-order chi connectivity index (χ0) is 24.2. The number of carboxylic acids is 1. The molecule has 0 aromatic heterocycles. The number of likely N-dealkylation sites (tertiary alicyclic amines) is 2. The number of fused-ring (bicyclic) bond motifs is 1. The third-order valence-corrected chi connectivity index (χ3v) is 6.61.